The lowest BCUT2D eigenvalue weighted by Gasteiger charge is -2.38. The predicted octanol–water partition coefficient (Wildman–Crippen LogP) is 0.608. The van der Waals surface area contributed by atoms with Gasteiger partial charge in [0, 0.05) is 13.1 Å². The van der Waals surface area contributed by atoms with Crippen LogP contribution < -0.4 is 0 Å². The lowest BCUT2D eigenvalue weighted by molar-refractivity contribution is -0.138. The molecule has 0 unspecified atom stereocenters. The first-order chi connectivity index (χ1) is 15.5. The largest absolute Gasteiger partial charge is 0.456 e. The van der Waals surface area contributed by atoms with Gasteiger partial charge in [-0.2, -0.15) is 9.78 Å². The van der Waals surface area contributed by atoms with Crippen molar-refractivity contribution in [1.82, 2.24) is 40.2 Å². The van der Waals surface area contributed by atoms with Crippen LogP contribution in [-0.4, -0.2) is 84.9 Å². The molecular weight excluding hydrogens is 419 g/mol. The number of nitrogens with zero attached hydrogens (tertiary/aromatic N) is 8. The van der Waals surface area contributed by atoms with Gasteiger partial charge < -0.3 is 9.64 Å². The average molecular weight is 442 g/mol. The van der Waals surface area contributed by atoms with Crippen molar-refractivity contribution < 1.29 is 18.7 Å². The Hall–Kier alpha value is -3.28. The lowest BCUT2D eigenvalue weighted by atomic mass is 9.77. The molecule has 0 bridgehead atoms. The number of aromatic nitrogens is 6. The first kappa shape index (κ1) is 20.6. The number of esters is 1. The molecule has 0 saturated carbocycles. The Labute approximate surface area is 183 Å². The van der Waals surface area contributed by atoms with Crippen LogP contribution in [0.15, 0.2) is 29.7 Å². The van der Waals surface area contributed by atoms with E-state index in [-0.39, 0.29) is 30.7 Å². The van der Waals surface area contributed by atoms with E-state index in [9.17, 15) is 14.0 Å². The van der Waals surface area contributed by atoms with Crippen LogP contribution in [-0.2, 0) is 14.3 Å². The van der Waals surface area contributed by atoms with Crippen LogP contribution in [0.4, 0.5) is 4.39 Å². The summed E-state index contributed by atoms with van der Waals surface area (Å²) in [4.78, 5) is 28.6. The third kappa shape index (κ3) is 3.53. The highest BCUT2D eigenvalue weighted by Gasteiger charge is 2.50. The molecule has 0 N–H and O–H groups in total. The molecule has 0 radical (unpaired) electrons. The summed E-state index contributed by atoms with van der Waals surface area (Å²) in [5.74, 6) is 0.118. The molecule has 0 aromatic carbocycles. The van der Waals surface area contributed by atoms with Crippen molar-refractivity contribution in [1.29, 1.82) is 0 Å². The second kappa shape index (κ2) is 8.01. The summed E-state index contributed by atoms with van der Waals surface area (Å²) >= 11 is 0. The van der Waals surface area contributed by atoms with Gasteiger partial charge in [0.2, 0.25) is 5.91 Å². The van der Waals surface area contributed by atoms with Gasteiger partial charge >= 0.3 is 5.97 Å². The molecule has 11 nitrogen and oxygen atoms in total. The summed E-state index contributed by atoms with van der Waals surface area (Å²) in [6, 6.07) is 3.20. The van der Waals surface area contributed by atoms with E-state index in [0.717, 1.165) is 6.42 Å². The normalized spacial score (nSPS) is 22.1. The first-order valence-corrected chi connectivity index (χ1v) is 10.6. The Balaban J connectivity index is 1.18. The molecule has 2 saturated heterocycles. The van der Waals surface area contributed by atoms with Gasteiger partial charge in [0.25, 0.3) is 0 Å². The van der Waals surface area contributed by atoms with E-state index >= 15 is 0 Å². The van der Waals surface area contributed by atoms with Crippen molar-refractivity contribution in [3.63, 3.8) is 0 Å². The molecule has 1 spiro atoms. The number of halogens is 1. The van der Waals surface area contributed by atoms with Crippen LogP contribution in [0, 0.1) is 5.41 Å². The number of piperidine rings is 1. The molecule has 2 aromatic heterocycles. The van der Waals surface area contributed by atoms with E-state index in [2.05, 4.69) is 25.7 Å². The average Bonchev–Trinajstić information content (AvgIpc) is 3.53. The number of ether oxygens (including phenoxy) is 1. The Kier molecular flexibility index (Phi) is 5.16. The Morgan fingerprint density at radius 3 is 2.56 bits per heavy atom. The van der Waals surface area contributed by atoms with Gasteiger partial charge in [-0.3, -0.25) is 9.69 Å². The monoisotopic (exact) mass is 442 g/mol. The molecule has 1 amide bonds. The minimum Gasteiger partial charge on any atom is -0.456 e. The fraction of sp³-hybridized carbons (Fsp3) is 0.550. The Bertz CT molecular complexity index is 1050. The number of amides is 1. The zero-order valence-corrected chi connectivity index (χ0v) is 17.6. The van der Waals surface area contributed by atoms with E-state index in [1.165, 1.54) is 11.0 Å². The number of rotatable bonds is 5. The number of alkyl halides is 1. The number of hydrogen-bond donors (Lipinski definition) is 0. The quantitative estimate of drug-likeness (QED) is 0.613. The van der Waals surface area contributed by atoms with Gasteiger partial charge in [-0.05, 0) is 61.8 Å². The lowest BCUT2D eigenvalue weighted by Crippen LogP contribution is -2.45. The van der Waals surface area contributed by atoms with E-state index in [1.54, 1.807) is 24.0 Å². The second-order valence-corrected chi connectivity index (χ2v) is 8.47. The highest BCUT2D eigenvalue weighted by atomic mass is 19.1. The zero-order valence-electron chi connectivity index (χ0n) is 17.6. The Morgan fingerprint density at radius 2 is 1.94 bits per heavy atom. The summed E-state index contributed by atoms with van der Waals surface area (Å²) in [6.45, 7) is 3.91. The van der Waals surface area contributed by atoms with Gasteiger partial charge in [-0.15, -0.1) is 10.2 Å². The molecule has 3 aliphatic rings. The van der Waals surface area contributed by atoms with Crippen LogP contribution in [0.3, 0.4) is 0 Å². The third-order valence-electron chi connectivity index (χ3n) is 6.73. The van der Waals surface area contributed by atoms with Crippen LogP contribution in [0.1, 0.15) is 38.1 Å². The van der Waals surface area contributed by atoms with Crippen molar-refractivity contribution in [3.05, 3.63) is 35.4 Å². The molecule has 3 aliphatic heterocycles. The minimum absolute atomic E-state index is 0.0608. The second-order valence-electron chi connectivity index (χ2n) is 8.47. The summed E-state index contributed by atoms with van der Waals surface area (Å²) < 4.78 is 21.3. The SMILES string of the molecule is CC1=C(N2CCC3(CCN(C[C@H](F)c4ccc(-n5cnnn5)nn4)CC3)C2=O)COC1=O. The predicted molar refractivity (Wildman–Crippen MR) is 107 cm³/mol. The van der Waals surface area contributed by atoms with Crippen molar-refractivity contribution in [3.8, 4) is 5.82 Å². The highest BCUT2D eigenvalue weighted by molar-refractivity contribution is 5.94. The van der Waals surface area contributed by atoms with Gasteiger partial charge in [0.1, 0.15) is 12.9 Å². The minimum atomic E-state index is -1.29. The molecule has 32 heavy (non-hydrogen) atoms. The van der Waals surface area contributed by atoms with Crippen LogP contribution in [0.25, 0.3) is 5.82 Å². The first-order valence-electron chi connectivity index (χ1n) is 10.6. The number of hydrogen-bond acceptors (Lipinski definition) is 9. The van der Waals surface area contributed by atoms with E-state index < -0.39 is 11.6 Å². The number of carbonyl (C=O) groups is 2. The van der Waals surface area contributed by atoms with Crippen LogP contribution >= 0.6 is 0 Å². The smallest absolute Gasteiger partial charge is 0.336 e. The summed E-state index contributed by atoms with van der Waals surface area (Å²) in [5.41, 5.74) is 1.01. The number of likely N-dealkylation sites (tertiary alicyclic amines) is 2. The number of carbonyl (C=O) groups excluding carboxylic acids is 2. The molecule has 168 valence electrons. The van der Waals surface area contributed by atoms with Gasteiger partial charge in [-0.25, -0.2) is 9.18 Å². The standard InChI is InChI=1S/C20H23FN8O3/c1-13-16(11-32-18(13)30)28-9-6-20(19(28)31)4-7-27(8-5-20)10-14(21)15-2-3-17(24-23-15)29-12-22-25-26-29/h2-3,12,14H,4-11H2,1H3/t14-/m0/s1. The fourth-order valence-electron chi connectivity index (χ4n) is 4.67. The highest BCUT2D eigenvalue weighted by Crippen LogP contribution is 2.44. The topological polar surface area (TPSA) is 119 Å². The van der Waals surface area contributed by atoms with Gasteiger partial charge in [0.15, 0.2) is 12.0 Å². The molecule has 2 fully saturated rings. The van der Waals surface area contributed by atoms with Gasteiger partial charge in [-0.1, -0.05) is 0 Å². The molecule has 5 rings (SSSR count). The fourth-order valence-corrected chi connectivity index (χ4v) is 4.67. The maximum Gasteiger partial charge on any atom is 0.336 e. The maximum absolute atomic E-state index is 14.9. The van der Waals surface area contributed by atoms with Crippen LogP contribution in [0.5, 0.6) is 0 Å². The molecule has 1 atom stereocenters. The summed E-state index contributed by atoms with van der Waals surface area (Å²) in [6.07, 6.45) is 2.18. The van der Waals surface area contributed by atoms with Crippen molar-refractivity contribution in [2.24, 2.45) is 5.41 Å². The summed E-state index contributed by atoms with van der Waals surface area (Å²) in [5, 5.41) is 18.8. The van der Waals surface area contributed by atoms with Gasteiger partial charge in [0.05, 0.1) is 22.4 Å². The van der Waals surface area contributed by atoms with E-state index in [1.807, 2.05) is 4.90 Å². The van der Waals surface area contributed by atoms with E-state index in [4.69, 9.17) is 4.74 Å². The number of cyclic esters (lactones) is 1. The zero-order chi connectivity index (χ0) is 22.3. The van der Waals surface area contributed by atoms with Crippen molar-refractivity contribution in [2.45, 2.75) is 32.4 Å². The number of tetrazole rings is 1. The third-order valence-corrected chi connectivity index (χ3v) is 6.73. The Morgan fingerprint density at radius 1 is 1.16 bits per heavy atom. The molecular formula is C20H23FN8O3. The molecule has 5 heterocycles. The molecule has 0 aliphatic carbocycles. The van der Waals surface area contributed by atoms with Crippen molar-refractivity contribution in [2.75, 3.05) is 32.8 Å². The molecule has 2 aromatic rings. The molecule has 12 heteroatoms. The maximum atomic E-state index is 14.9. The van der Waals surface area contributed by atoms with E-state index in [0.29, 0.717) is 49.6 Å². The van der Waals surface area contributed by atoms with Crippen LogP contribution in [0.2, 0.25) is 0 Å². The summed E-state index contributed by atoms with van der Waals surface area (Å²) in [7, 11) is 0. The van der Waals surface area contributed by atoms with Crippen molar-refractivity contribution >= 4 is 11.9 Å².